The Morgan fingerprint density at radius 3 is 1.16 bits per heavy atom. The van der Waals surface area contributed by atoms with Crippen LogP contribution in [0.15, 0.2) is 36.4 Å². The molecule has 3 fully saturated rings. The Kier molecular flexibility index (Phi) is 22.0. The van der Waals surface area contributed by atoms with Crippen molar-refractivity contribution in [2.24, 2.45) is 5.41 Å². The number of phenolic OH excluding ortho intramolecular Hbond substituents is 3. The number of benzene rings is 3. The lowest BCUT2D eigenvalue weighted by Gasteiger charge is -2.54. The van der Waals surface area contributed by atoms with E-state index in [1.165, 1.54) is 0 Å². The van der Waals surface area contributed by atoms with Gasteiger partial charge in [0.25, 0.3) is 0 Å². The van der Waals surface area contributed by atoms with Crippen LogP contribution in [0.5, 0.6) is 17.2 Å². The summed E-state index contributed by atoms with van der Waals surface area (Å²) in [5, 5.41) is 30.4. The Hall–Kier alpha value is -5.18. The molecule has 0 aromatic heterocycles. The normalized spacial score (nSPS) is 20.0. The van der Waals surface area contributed by atoms with Crippen LogP contribution in [-0.2, 0) is 57.4 Å². The first kappa shape index (κ1) is 68.6. The maximum atomic E-state index is 14.6. The third-order valence-electron chi connectivity index (χ3n) is 19.0. The molecule has 0 unspecified atom stereocenters. The second kappa shape index (κ2) is 26.6. The smallest absolute Gasteiger partial charge is 0.324 e. The maximum Gasteiger partial charge on any atom is 0.324 e. The number of likely N-dealkylation sites (tertiary alicyclic amines) is 3. The summed E-state index contributed by atoms with van der Waals surface area (Å²) in [4.78, 5) is 61.4. The van der Waals surface area contributed by atoms with E-state index in [0.29, 0.717) is 95.3 Å². The van der Waals surface area contributed by atoms with Gasteiger partial charge in [-0.15, -0.1) is 0 Å². The molecule has 3 aromatic rings. The fourth-order valence-electron chi connectivity index (χ4n) is 14.1. The highest BCUT2D eigenvalue weighted by atomic mass is 16.6. The molecule has 3 saturated heterocycles. The van der Waals surface area contributed by atoms with Gasteiger partial charge in [0, 0.05) is 91.1 Å². The van der Waals surface area contributed by atoms with Crippen molar-refractivity contribution in [2.75, 3.05) is 27.2 Å². The van der Waals surface area contributed by atoms with Crippen molar-refractivity contribution < 1.29 is 53.4 Å². The van der Waals surface area contributed by atoms with Crippen molar-refractivity contribution in [3.8, 4) is 17.2 Å². The van der Waals surface area contributed by atoms with Crippen LogP contribution in [0.2, 0.25) is 0 Å². The van der Waals surface area contributed by atoms with Crippen LogP contribution < -0.4 is 0 Å². The molecule has 0 aliphatic carbocycles. The molecular formula is C69H107N3O11. The predicted octanol–water partition coefficient (Wildman–Crippen LogP) is 13.1. The number of unbranched alkanes of at least 4 members (excludes halogenated alkanes) is 1. The minimum absolute atomic E-state index is 0.171. The lowest BCUT2D eigenvalue weighted by molar-refractivity contribution is -0.188. The fraction of sp³-hybridized carbons (Fsp3) is 0.681. The molecule has 3 aliphatic rings. The van der Waals surface area contributed by atoms with Gasteiger partial charge in [0.2, 0.25) is 0 Å². The number of piperidine rings is 3. The molecule has 0 radical (unpaired) electrons. The highest BCUT2D eigenvalue weighted by Gasteiger charge is 2.54. The van der Waals surface area contributed by atoms with Gasteiger partial charge in [0.05, 0.1) is 0 Å². The van der Waals surface area contributed by atoms with E-state index >= 15 is 0 Å². The Balaban J connectivity index is 0.000000305. The van der Waals surface area contributed by atoms with Crippen LogP contribution in [0.1, 0.15) is 211 Å². The van der Waals surface area contributed by atoms with E-state index in [9.17, 15) is 34.5 Å². The molecule has 464 valence electrons. The van der Waals surface area contributed by atoms with E-state index in [-0.39, 0.29) is 82.1 Å². The Bertz CT molecular complexity index is 2610. The molecule has 6 rings (SSSR count). The second-order valence-electron chi connectivity index (χ2n) is 28.9. The molecule has 3 N–H and O–H groups in total. The van der Waals surface area contributed by atoms with E-state index in [1.54, 1.807) is 0 Å². The predicted molar refractivity (Wildman–Crippen MR) is 330 cm³/mol. The van der Waals surface area contributed by atoms with Gasteiger partial charge in [0.1, 0.15) is 42.2 Å². The van der Waals surface area contributed by atoms with Crippen LogP contribution >= 0.6 is 0 Å². The molecule has 0 saturated carbocycles. The largest absolute Gasteiger partial charge is 0.507 e. The van der Waals surface area contributed by atoms with Crippen LogP contribution in [0.4, 0.5) is 0 Å². The van der Waals surface area contributed by atoms with E-state index in [2.05, 4.69) is 119 Å². The summed E-state index contributed by atoms with van der Waals surface area (Å²) in [7, 11) is 4.25. The summed E-state index contributed by atoms with van der Waals surface area (Å²) >= 11 is 0. The lowest BCUT2D eigenvalue weighted by Crippen LogP contribution is -2.63. The highest BCUT2D eigenvalue weighted by molar-refractivity contribution is 6.00. The first-order valence-corrected chi connectivity index (χ1v) is 30.6. The van der Waals surface area contributed by atoms with Gasteiger partial charge in [-0.25, -0.2) is 0 Å². The Morgan fingerprint density at radius 1 is 0.494 bits per heavy atom. The van der Waals surface area contributed by atoms with Crippen LogP contribution in [0.3, 0.4) is 0 Å². The topological polar surface area (TPSA) is 176 Å². The summed E-state index contributed by atoms with van der Waals surface area (Å²) in [5.74, 6) is -0.572. The summed E-state index contributed by atoms with van der Waals surface area (Å²) in [5.41, 5.74) is 4.88. The number of hydrogen-bond acceptors (Lipinski definition) is 14. The molecule has 0 bridgehead atoms. The Morgan fingerprint density at radius 2 is 0.807 bits per heavy atom. The molecule has 0 spiro atoms. The molecule has 83 heavy (non-hydrogen) atoms. The van der Waals surface area contributed by atoms with Crippen molar-refractivity contribution >= 4 is 23.9 Å². The summed E-state index contributed by atoms with van der Waals surface area (Å²) in [6.07, 6.45) is 7.11. The average molecular weight is 1150 g/mol. The first-order valence-electron chi connectivity index (χ1n) is 30.6. The minimum Gasteiger partial charge on any atom is -0.507 e. The maximum absolute atomic E-state index is 14.6. The summed E-state index contributed by atoms with van der Waals surface area (Å²) in [6, 6.07) is 11.4. The molecular weight excluding hydrogens is 1050 g/mol. The van der Waals surface area contributed by atoms with Crippen molar-refractivity contribution in [2.45, 2.75) is 273 Å². The fourth-order valence-corrected chi connectivity index (χ4v) is 14.1. The zero-order chi connectivity index (χ0) is 62.6. The number of nitrogens with zero attached hydrogens (tertiary/aromatic N) is 3. The van der Waals surface area contributed by atoms with Crippen molar-refractivity contribution in [1.29, 1.82) is 0 Å². The van der Waals surface area contributed by atoms with E-state index in [0.717, 1.165) is 56.5 Å². The van der Waals surface area contributed by atoms with Crippen LogP contribution in [-0.4, -0.2) is 133 Å². The summed E-state index contributed by atoms with van der Waals surface area (Å²) in [6.45, 7) is 40.1. The zero-order valence-corrected chi connectivity index (χ0v) is 55.0. The van der Waals surface area contributed by atoms with Gasteiger partial charge < -0.3 is 34.3 Å². The molecule has 3 aromatic carbocycles. The number of esters is 4. The molecule has 0 amide bonds. The highest BCUT2D eigenvalue weighted by Crippen LogP contribution is 2.44. The van der Waals surface area contributed by atoms with Gasteiger partial charge in [0.15, 0.2) is 5.41 Å². The quantitative estimate of drug-likeness (QED) is 0.0587. The monoisotopic (exact) mass is 1150 g/mol. The van der Waals surface area contributed by atoms with Crippen LogP contribution in [0.25, 0.3) is 0 Å². The number of carbonyl (C=O) groups excluding carboxylic acids is 4. The molecule has 14 nitrogen and oxygen atoms in total. The molecule has 3 heterocycles. The minimum atomic E-state index is -1.48. The van der Waals surface area contributed by atoms with Crippen LogP contribution in [0, 0.1) is 47.0 Å². The van der Waals surface area contributed by atoms with Gasteiger partial charge in [-0.3, -0.25) is 33.9 Å². The molecule has 3 aliphatic heterocycles. The number of ether oxygens (including phenoxy) is 4. The van der Waals surface area contributed by atoms with Gasteiger partial charge >= 0.3 is 23.9 Å². The average Bonchev–Trinajstić information content (AvgIpc) is 3.36. The number of phenols is 3. The van der Waals surface area contributed by atoms with Gasteiger partial charge in [-0.2, -0.15) is 0 Å². The van der Waals surface area contributed by atoms with E-state index in [1.807, 2.05) is 77.9 Å². The first-order chi connectivity index (χ1) is 38.2. The number of rotatable bonds is 19. The summed E-state index contributed by atoms with van der Waals surface area (Å²) < 4.78 is 24.4. The number of aryl methyl sites for hydroxylation is 8. The van der Waals surface area contributed by atoms with E-state index in [4.69, 9.17) is 18.9 Å². The Labute approximate surface area is 499 Å². The van der Waals surface area contributed by atoms with Crippen molar-refractivity contribution in [3.05, 3.63) is 86.5 Å². The van der Waals surface area contributed by atoms with Crippen molar-refractivity contribution in [3.63, 3.8) is 0 Å². The molecule has 0 atom stereocenters. The van der Waals surface area contributed by atoms with Gasteiger partial charge in [-0.1, -0.05) is 56.2 Å². The number of hydrogen-bond donors (Lipinski definition) is 3. The number of carbonyl (C=O) groups is 4. The second-order valence-corrected chi connectivity index (χ2v) is 28.9. The van der Waals surface area contributed by atoms with Gasteiger partial charge in [-0.05, 0) is 214 Å². The van der Waals surface area contributed by atoms with Crippen molar-refractivity contribution in [1.82, 2.24) is 14.7 Å². The third kappa shape index (κ3) is 17.0. The standard InChI is InChI=1S/C36H60N2O5.C33H47NO6/c1-14-15-16-36(19-26-17-24(2)29(39)25(3)18-26,30(40)42-27-20-32(4,5)37(12)33(6,7)21-27)31(41)43-28-22-34(8,9)38(13)35(10,11)23-28;1-21-15-25(16-22(2)30(21)37)9-11-28(35)39-14-13-34-32(5,6)19-27(20-33(34,7)8)40-29(36)12-10-26-17-23(3)31(38)24(4)18-26/h17-18,27-28,39H,14-16,19-23H2,1-13H3;15-18,27,37-38H,9-14,19-20H2,1-8H3. The zero-order valence-electron chi connectivity index (χ0n) is 55.0. The SMILES string of the molecule is CCCCC(Cc1cc(C)c(O)c(C)c1)(C(=O)OC1CC(C)(C)N(C)C(C)(C)C1)C(=O)OC1CC(C)(C)N(C)C(C)(C)C1.Cc1cc(CCC(=O)OCCN2C(C)(C)CC(OC(=O)CCc3cc(C)c(O)c(C)c3)CC2(C)C)cc(C)c1O. The lowest BCUT2D eigenvalue weighted by atomic mass is 9.75. The third-order valence-corrected chi connectivity index (χ3v) is 19.0. The van der Waals surface area contributed by atoms with E-state index < -0.39 is 17.4 Å². The molecule has 14 heteroatoms. The number of aromatic hydroxyl groups is 3.